The zero-order valence-corrected chi connectivity index (χ0v) is 13.2. The van der Waals surface area contributed by atoms with Crippen LogP contribution in [0.1, 0.15) is 50.3 Å². The van der Waals surface area contributed by atoms with Gasteiger partial charge in [0.1, 0.15) is 0 Å². The molecule has 0 bridgehead atoms. The number of carboxylic acids is 1. The number of amides is 1. The van der Waals surface area contributed by atoms with Gasteiger partial charge in [0, 0.05) is 23.8 Å². The molecule has 21 heavy (non-hydrogen) atoms. The summed E-state index contributed by atoms with van der Waals surface area (Å²) in [6.45, 7) is 1.96. The third-order valence-electron chi connectivity index (χ3n) is 4.26. The van der Waals surface area contributed by atoms with Crippen LogP contribution in [-0.4, -0.2) is 23.0 Å². The van der Waals surface area contributed by atoms with Crippen molar-refractivity contribution in [2.75, 3.05) is 0 Å². The molecule has 1 unspecified atom stereocenters. The molecule has 1 aliphatic rings. The number of hydrogen-bond donors (Lipinski definition) is 2. The van der Waals surface area contributed by atoms with Gasteiger partial charge in [-0.15, -0.1) is 11.3 Å². The summed E-state index contributed by atoms with van der Waals surface area (Å²) in [7, 11) is 0. The van der Waals surface area contributed by atoms with E-state index in [-0.39, 0.29) is 18.4 Å². The molecule has 0 saturated heterocycles. The van der Waals surface area contributed by atoms with Crippen molar-refractivity contribution in [2.24, 2.45) is 5.41 Å². The van der Waals surface area contributed by atoms with E-state index in [9.17, 15) is 14.7 Å². The molecule has 0 spiro atoms. The van der Waals surface area contributed by atoms with Crippen molar-refractivity contribution in [3.63, 3.8) is 0 Å². The van der Waals surface area contributed by atoms with E-state index >= 15 is 0 Å². The van der Waals surface area contributed by atoms with E-state index in [0.29, 0.717) is 12.8 Å². The highest BCUT2D eigenvalue weighted by Crippen LogP contribution is 2.39. The Hall–Kier alpha value is -1.36. The Morgan fingerprint density at radius 2 is 2.10 bits per heavy atom. The number of rotatable bonds is 6. The number of hydrogen-bond acceptors (Lipinski definition) is 3. The first-order chi connectivity index (χ1) is 10.0. The van der Waals surface area contributed by atoms with Gasteiger partial charge in [-0.05, 0) is 31.2 Å². The average Bonchev–Trinajstić information content (AvgIpc) is 2.92. The summed E-state index contributed by atoms with van der Waals surface area (Å²) in [5.41, 5.74) is -0.842. The molecule has 1 aromatic heterocycles. The van der Waals surface area contributed by atoms with Gasteiger partial charge in [-0.1, -0.05) is 25.3 Å². The van der Waals surface area contributed by atoms with Crippen molar-refractivity contribution >= 4 is 23.2 Å². The second-order valence-electron chi connectivity index (χ2n) is 6.07. The molecule has 1 heterocycles. The number of aliphatic carboxylic acids is 1. The van der Waals surface area contributed by atoms with Crippen LogP contribution in [0.25, 0.3) is 0 Å². The SMILES string of the molecule is CC(Cc1cccs1)NC(=O)CC1(C(=O)O)CCCCC1. The molecular formula is C16H23NO3S. The number of nitrogens with one attached hydrogen (secondary N) is 1. The van der Waals surface area contributed by atoms with Gasteiger partial charge >= 0.3 is 5.97 Å². The standard InChI is InChI=1S/C16H23NO3S/c1-12(10-13-6-5-9-21-13)17-14(18)11-16(15(19)20)7-3-2-4-8-16/h5-6,9,12H,2-4,7-8,10-11H2,1H3,(H,17,18)(H,19,20). The Morgan fingerprint density at radius 1 is 1.38 bits per heavy atom. The van der Waals surface area contributed by atoms with Gasteiger partial charge in [0.15, 0.2) is 0 Å². The lowest BCUT2D eigenvalue weighted by Crippen LogP contribution is -2.42. The second kappa shape index (κ2) is 7.07. The molecule has 1 aromatic rings. The lowest BCUT2D eigenvalue weighted by molar-refractivity contribution is -0.154. The van der Waals surface area contributed by atoms with Gasteiger partial charge < -0.3 is 10.4 Å². The fraction of sp³-hybridized carbons (Fsp3) is 0.625. The molecule has 0 radical (unpaired) electrons. The lowest BCUT2D eigenvalue weighted by Gasteiger charge is -2.32. The van der Waals surface area contributed by atoms with Crippen molar-refractivity contribution < 1.29 is 14.7 Å². The molecule has 2 N–H and O–H groups in total. The zero-order chi connectivity index (χ0) is 15.3. The Bertz CT molecular complexity index is 478. The molecular weight excluding hydrogens is 286 g/mol. The summed E-state index contributed by atoms with van der Waals surface area (Å²) >= 11 is 1.67. The Morgan fingerprint density at radius 3 is 2.67 bits per heavy atom. The van der Waals surface area contributed by atoms with Crippen LogP contribution in [0, 0.1) is 5.41 Å². The monoisotopic (exact) mass is 309 g/mol. The van der Waals surface area contributed by atoms with Gasteiger partial charge in [-0.3, -0.25) is 9.59 Å². The Labute approximate surface area is 129 Å². The third kappa shape index (κ3) is 4.30. The minimum atomic E-state index is -0.842. The van der Waals surface area contributed by atoms with E-state index in [2.05, 4.69) is 5.32 Å². The maximum atomic E-state index is 12.2. The van der Waals surface area contributed by atoms with Crippen molar-refractivity contribution in [2.45, 2.75) is 57.9 Å². The highest BCUT2D eigenvalue weighted by molar-refractivity contribution is 7.09. The van der Waals surface area contributed by atoms with E-state index in [1.54, 1.807) is 11.3 Å². The predicted molar refractivity (Wildman–Crippen MR) is 83.4 cm³/mol. The Kier molecular flexibility index (Phi) is 5.39. The first-order valence-electron chi connectivity index (χ1n) is 7.57. The minimum absolute atomic E-state index is 0.0329. The first-order valence-corrected chi connectivity index (χ1v) is 8.45. The molecule has 0 aliphatic heterocycles. The van der Waals surface area contributed by atoms with Crippen LogP contribution in [0.15, 0.2) is 17.5 Å². The highest BCUT2D eigenvalue weighted by Gasteiger charge is 2.41. The smallest absolute Gasteiger partial charge is 0.310 e. The number of carbonyl (C=O) groups excluding carboxylic acids is 1. The summed E-state index contributed by atoms with van der Waals surface area (Å²) in [4.78, 5) is 25.0. The average molecular weight is 309 g/mol. The van der Waals surface area contributed by atoms with Gasteiger partial charge in [0.05, 0.1) is 5.41 Å². The molecule has 0 aromatic carbocycles. The molecule has 1 atom stereocenters. The number of carboxylic acid groups (broad SMARTS) is 1. The molecule has 2 rings (SSSR count). The molecule has 1 aliphatic carbocycles. The largest absolute Gasteiger partial charge is 0.481 e. The summed E-state index contributed by atoms with van der Waals surface area (Å²) < 4.78 is 0. The molecule has 5 heteroatoms. The molecule has 4 nitrogen and oxygen atoms in total. The van der Waals surface area contributed by atoms with Crippen LogP contribution in [0.2, 0.25) is 0 Å². The van der Waals surface area contributed by atoms with Gasteiger partial charge in [-0.25, -0.2) is 0 Å². The summed E-state index contributed by atoms with van der Waals surface area (Å²) in [6, 6.07) is 4.08. The maximum Gasteiger partial charge on any atom is 0.310 e. The minimum Gasteiger partial charge on any atom is -0.481 e. The first kappa shape index (κ1) is 16.0. The fourth-order valence-electron chi connectivity index (χ4n) is 3.11. The van der Waals surface area contributed by atoms with Crippen molar-refractivity contribution in [3.05, 3.63) is 22.4 Å². The van der Waals surface area contributed by atoms with Crippen LogP contribution in [0.5, 0.6) is 0 Å². The third-order valence-corrected chi connectivity index (χ3v) is 5.16. The summed E-state index contributed by atoms with van der Waals surface area (Å²) in [6.07, 6.45) is 5.03. The van der Waals surface area contributed by atoms with Gasteiger partial charge in [-0.2, -0.15) is 0 Å². The maximum absolute atomic E-state index is 12.2. The molecule has 1 amide bonds. The Balaban J connectivity index is 1.88. The van der Waals surface area contributed by atoms with Gasteiger partial charge in [0.2, 0.25) is 5.91 Å². The quantitative estimate of drug-likeness (QED) is 0.848. The van der Waals surface area contributed by atoms with Crippen LogP contribution in [0.4, 0.5) is 0 Å². The molecule has 1 saturated carbocycles. The van der Waals surface area contributed by atoms with Crippen LogP contribution < -0.4 is 5.32 Å². The van der Waals surface area contributed by atoms with Gasteiger partial charge in [0.25, 0.3) is 0 Å². The second-order valence-corrected chi connectivity index (χ2v) is 7.11. The topological polar surface area (TPSA) is 66.4 Å². The van der Waals surface area contributed by atoms with Crippen LogP contribution >= 0.6 is 11.3 Å². The molecule has 1 fully saturated rings. The van der Waals surface area contributed by atoms with Crippen molar-refractivity contribution in [3.8, 4) is 0 Å². The van der Waals surface area contributed by atoms with E-state index in [4.69, 9.17) is 0 Å². The zero-order valence-electron chi connectivity index (χ0n) is 12.4. The van der Waals surface area contributed by atoms with E-state index in [0.717, 1.165) is 25.7 Å². The summed E-state index contributed by atoms with van der Waals surface area (Å²) in [5.74, 6) is -0.952. The van der Waals surface area contributed by atoms with Crippen molar-refractivity contribution in [1.29, 1.82) is 0 Å². The normalized spacial score (nSPS) is 18.9. The highest BCUT2D eigenvalue weighted by atomic mass is 32.1. The van der Waals surface area contributed by atoms with E-state index < -0.39 is 11.4 Å². The van der Waals surface area contributed by atoms with Crippen molar-refractivity contribution in [1.82, 2.24) is 5.32 Å². The number of carbonyl (C=O) groups is 2. The lowest BCUT2D eigenvalue weighted by atomic mass is 9.71. The number of thiophene rings is 1. The van der Waals surface area contributed by atoms with E-state index in [1.165, 1.54) is 4.88 Å². The van der Waals surface area contributed by atoms with Crippen LogP contribution in [-0.2, 0) is 16.0 Å². The van der Waals surface area contributed by atoms with Crippen LogP contribution in [0.3, 0.4) is 0 Å². The fourth-order valence-corrected chi connectivity index (χ4v) is 3.94. The predicted octanol–water partition coefficient (Wildman–Crippen LogP) is 3.22. The summed E-state index contributed by atoms with van der Waals surface area (Å²) in [5, 5.41) is 14.5. The van der Waals surface area contributed by atoms with E-state index in [1.807, 2.05) is 24.4 Å². The molecule has 116 valence electrons.